The van der Waals surface area contributed by atoms with E-state index in [2.05, 4.69) is 20.5 Å². The molecule has 0 radical (unpaired) electrons. The van der Waals surface area contributed by atoms with Gasteiger partial charge in [0.05, 0.1) is 13.4 Å². The first-order valence-electron chi connectivity index (χ1n) is 13.7. The minimum absolute atomic E-state index is 0.000495. The molecule has 2 aromatic heterocycles. The van der Waals surface area contributed by atoms with E-state index in [0.717, 1.165) is 16.7 Å². The van der Waals surface area contributed by atoms with Gasteiger partial charge in [0.25, 0.3) is 0 Å². The third-order valence-corrected chi connectivity index (χ3v) is 7.70. The van der Waals surface area contributed by atoms with Crippen LogP contribution < -0.4 is 5.48 Å². The van der Waals surface area contributed by atoms with Crippen molar-refractivity contribution in [3.8, 4) is 0 Å². The van der Waals surface area contributed by atoms with Gasteiger partial charge in [0, 0.05) is 24.1 Å². The van der Waals surface area contributed by atoms with E-state index in [1.165, 1.54) is 7.11 Å². The van der Waals surface area contributed by atoms with Crippen LogP contribution in [-0.2, 0) is 19.6 Å². The summed E-state index contributed by atoms with van der Waals surface area (Å²) in [5.41, 5.74) is 14.6. The number of aromatic nitrogens is 4. The van der Waals surface area contributed by atoms with Crippen LogP contribution in [0.15, 0.2) is 102 Å². The van der Waals surface area contributed by atoms with Crippen molar-refractivity contribution in [1.29, 1.82) is 0 Å². The van der Waals surface area contributed by atoms with Crippen LogP contribution in [0, 0.1) is 0 Å². The normalized spacial score (nSPS) is 12.5. The molecule has 5 rings (SSSR count). The van der Waals surface area contributed by atoms with Gasteiger partial charge in [-0.25, -0.2) is 20.4 Å². The standard InChI is InChI=1S/C30H31N8O5P/c1-42-36-27-26-28(38(20-32-26)25(19-33-37-31)17-18-43-21-44(39,40)41)35-29(34-27)30(22-11-5-2-6-12-22,23-13-7-3-8-14-23)24-15-9-4-10-16-24/h2-16,20,25H,17-19,21H2,1H3,(H,34,35,36)(H2,39,40,41). The van der Waals surface area contributed by atoms with Crippen LogP contribution in [0.4, 0.5) is 5.82 Å². The fourth-order valence-corrected chi connectivity index (χ4v) is 5.69. The van der Waals surface area contributed by atoms with Crippen LogP contribution in [0.25, 0.3) is 21.6 Å². The molecule has 0 aliphatic heterocycles. The summed E-state index contributed by atoms with van der Waals surface area (Å²) >= 11 is 0. The molecule has 0 aliphatic rings. The minimum Gasteiger partial charge on any atom is -0.369 e. The van der Waals surface area contributed by atoms with Crippen molar-refractivity contribution in [2.75, 3.05) is 32.1 Å². The first-order chi connectivity index (χ1) is 21.4. The van der Waals surface area contributed by atoms with Crippen LogP contribution in [0.5, 0.6) is 0 Å². The third kappa shape index (κ3) is 6.48. The molecular weight excluding hydrogens is 583 g/mol. The summed E-state index contributed by atoms with van der Waals surface area (Å²) in [7, 11) is -2.86. The Kier molecular flexibility index (Phi) is 9.66. The summed E-state index contributed by atoms with van der Waals surface area (Å²) in [6.07, 6.45) is 1.12. The van der Waals surface area contributed by atoms with E-state index in [4.69, 9.17) is 25.1 Å². The maximum Gasteiger partial charge on any atom is 0.350 e. The van der Waals surface area contributed by atoms with Crippen molar-refractivity contribution >= 4 is 24.6 Å². The third-order valence-electron chi connectivity index (χ3n) is 7.18. The Labute approximate surface area is 253 Å². The maximum atomic E-state index is 11.3. The summed E-state index contributed by atoms with van der Waals surface area (Å²) in [4.78, 5) is 41.4. The second-order valence-electron chi connectivity index (χ2n) is 9.93. The van der Waals surface area contributed by atoms with Crippen molar-refractivity contribution in [3.05, 3.63) is 130 Å². The van der Waals surface area contributed by atoms with Crippen molar-refractivity contribution < 1.29 is 23.9 Å². The summed E-state index contributed by atoms with van der Waals surface area (Å²) < 4.78 is 18.3. The summed E-state index contributed by atoms with van der Waals surface area (Å²) in [5.74, 6) is 0.772. The topological polar surface area (TPSA) is 180 Å². The van der Waals surface area contributed by atoms with E-state index in [0.29, 0.717) is 22.8 Å². The zero-order valence-corrected chi connectivity index (χ0v) is 24.7. The first kappa shape index (κ1) is 30.8. The van der Waals surface area contributed by atoms with Crippen molar-refractivity contribution in [3.63, 3.8) is 0 Å². The molecule has 3 aromatic carbocycles. The number of imidazole rings is 1. The van der Waals surface area contributed by atoms with Crippen LogP contribution in [0.2, 0.25) is 0 Å². The van der Waals surface area contributed by atoms with E-state index in [1.807, 2.05) is 91.0 Å². The number of nitrogens with zero attached hydrogens (tertiary/aromatic N) is 7. The van der Waals surface area contributed by atoms with Gasteiger partial charge in [-0.2, -0.15) is 0 Å². The summed E-state index contributed by atoms with van der Waals surface area (Å²) in [6.45, 7) is 0.0221. The highest BCUT2D eigenvalue weighted by atomic mass is 31.2. The second kappa shape index (κ2) is 13.8. The Morgan fingerprint density at radius 3 is 2.05 bits per heavy atom. The van der Waals surface area contributed by atoms with Crippen LogP contribution in [0.3, 0.4) is 0 Å². The number of azide groups is 1. The molecule has 0 fully saturated rings. The summed E-state index contributed by atoms with van der Waals surface area (Å²) in [5, 5.41) is 3.77. The zero-order valence-electron chi connectivity index (χ0n) is 23.8. The molecule has 0 amide bonds. The van der Waals surface area contributed by atoms with Crippen LogP contribution in [-0.4, -0.2) is 55.9 Å². The number of ether oxygens (including phenoxy) is 1. The Morgan fingerprint density at radius 1 is 0.977 bits per heavy atom. The lowest BCUT2D eigenvalue weighted by atomic mass is 9.68. The molecule has 226 valence electrons. The highest BCUT2D eigenvalue weighted by Crippen LogP contribution is 2.44. The van der Waals surface area contributed by atoms with Crippen LogP contribution >= 0.6 is 7.60 Å². The minimum atomic E-state index is -4.34. The molecule has 5 aromatic rings. The average Bonchev–Trinajstić information content (AvgIpc) is 3.47. The highest BCUT2D eigenvalue weighted by Gasteiger charge is 2.42. The number of rotatable bonds is 14. The lowest BCUT2D eigenvalue weighted by Crippen LogP contribution is -2.33. The fraction of sp³-hybridized carbons (Fsp3) is 0.233. The molecule has 14 heteroatoms. The van der Waals surface area contributed by atoms with Crippen LogP contribution in [0.1, 0.15) is 35.0 Å². The quantitative estimate of drug-likeness (QED) is 0.0274. The van der Waals surface area contributed by atoms with Gasteiger partial charge in [0.1, 0.15) is 11.8 Å². The molecule has 2 heterocycles. The Hall–Kier alpha value is -4.61. The van der Waals surface area contributed by atoms with E-state index in [1.54, 1.807) is 10.9 Å². The van der Waals surface area contributed by atoms with E-state index >= 15 is 0 Å². The molecule has 0 spiro atoms. The fourth-order valence-electron chi connectivity index (χ4n) is 5.32. The molecule has 0 aliphatic carbocycles. The van der Waals surface area contributed by atoms with Crippen molar-refractivity contribution in [2.45, 2.75) is 17.9 Å². The number of benzene rings is 3. The van der Waals surface area contributed by atoms with Gasteiger partial charge in [-0.1, -0.05) is 96.1 Å². The van der Waals surface area contributed by atoms with E-state index in [-0.39, 0.29) is 19.6 Å². The monoisotopic (exact) mass is 614 g/mol. The Bertz CT molecular complexity index is 1680. The van der Waals surface area contributed by atoms with Gasteiger partial charge in [-0.15, -0.1) is 0 Å². The van der Waals surface area contributed by atoms with Gasteiger partial charge in [0.15, 0.2) is 22.8 Å². The lowest BCUT2D eigenvalue weighted by molar-refractivity contribution is 0.144. The van der Waals surface area contributed by atoms with Gasteiger partial charge < -0.3 is 19.1 Å². The smallest absolute Gasteiger partial charge is 0.350 e. The molecule has 1 atom stereocenters. The molecular formula is C30H31N8O5P. The Balaban J connectivity index is 1.76. The highest BCUT2D eigenvalue weighted by molar-refractivity contribution is 7.51. The molecule has 44 heavy (non-hydrogen) atoms. The number of hydrogen-bond donors (Lipinski definition) is 3. The van der Waals surface area contributed by atoms with Gasteiger partial charge in [0.2, 0.25) is 0 Å². The van der Waals surface area contributed by atoms with E-state index in [9.17, 15) is 14.4 Å². The summed E-state index contributed by atoms with van der Waals surface area (Å²) in [6, 6.07) is 29.4. The van der Waals surface area contributed by atoms with Gasteiger partial charge in [-0.05, 0) is 28.6 Å². The lowest BCUT2D eigenvalue weighted by Gasteiger charge is -2.34. The molecule has 0 saturated heterocycles. The Morgan fingerprint density at radius 2 is 1.55 bits per heavy atom. The molecule has 0 bridgehead atoms. The largest absolute Gasteiger partial charge is 0.369 e. The number of anilines is 1. The van der Waals surface area contributed by atoms with Gasteiger partial charge in [-0.3, -0.25) is 9.40 Å². The van der Waals surface area contributed by atoms with Gasteiger partial charge >= 0.3 is 7.60 Å². The first-order valence-corrected chi connectivity index (χ1v) is 15.5. The molecule has 0 saturated carbocycles. The number of hydrogen-bond acceptors (Lipinski definition) is 8. The molecule has 13 nitrogen and oxygen atoms in total. The zero-order chi connectivity index (χ0) is 31.0. The van der Waals surface area contributed by atoms with Crippen molar-refractivity contribution in [1.82, 2.24) is 19.5 Å². The number of nitrogens with one attached hydrogen (secondary N) is 1. The predicted molar refractivity (Wildman–Crippen MR) is 165 cm³/mol. The molecule has 3 N–H and O–H groups in total. The second-order valence-corrected chi connectivity index (χ2v) is 11.5. The molecule has 1 unspecified atom stereocenters. The van der Waals surface area contributed by atoms with E-state index < -0.39 is 25.4 Å². The number of fused-ring (bicyclic) bond motifs is 1. The average molecular weight is 615 g/mol. The van der Waals surface area contributed by atoms with Crippen molar-refractivity contribution in [2.24, 2.45) is 5.11 Å². The maximum absolute atomic E-state index is 11.3. The predicted octanol–water partition coefficient (Wildman–Crippen LogP) is 5.58. The SMILES string of the molecule is CONc1nc(C(c2ccccc2)(c2ccccc2)c2ccccc2)nc2c1ncn2C(CCOCP(=O)(O)O)CN=[N+]=[N-].